The van der Waals surface area contributed by atoms with Crippen molar-refractivity contribution in [3.8, 4) is 11.4 Å². The highest BCUT2D eigenvalue weighted by molar-refractivity contribution is 7.16. The van der Waals surface area contributed by atoms with E-state index in [0.717, 1.165) is 15.8 Å². The number of nitrogen functional groups attached to an aromatic ring is 1. The zero-order chi connectivity index (χ0) is 13.4. The molecule has 3 heterocycles. The number of nitrogens with zero attached hydrogens (tertiary/aromatic N) is 4. The van der Waals surface area contributed by atoms with E-state index in [9.17, 15) is 0 Å². The zero-order valence-corrected chi connectivity index (χ0v) is 11.1. The van der Waals surface area contributed by atoms with Crippen molar-refractivity contribution in [2.24, 2.45) is 5.84 Å². The van der Waals surface area contributed by atoms with Crippen molar-refractivity contribution in [2.45, 2.75) is 0 Å². The highest BCUT2D eigenvalue weighted by atomic mass is 32.1. The lowest BCUT2D eigenvalue weighted by molar-refractivity contribution is 0.980. The van der Waals surface area contributed by atoms with Crippen LogP contribution in [0.15, 0.2) is 29.9 Å². The summed E-state index contributed by atoms with van der Waals surface area (Å²) in [6, 6.07) is 3.77. The molecule has 0 bridgehead atoms. The number of rotatable bonds is 2. The fourth-order valence-corrected chi connectivity index (χ4v) is 2.53. The topological polar surface area (TPSA) is 94.0 Å². The predicted octanol–water partition coefficient (Wildman–Crippen LogP) is 1.65. The van der Waals surface area contributed by atoms with E-state index >= 15 is 0 Å². The van der Waals surface area contributed by atoms with Gasteiger partial charge < -0.3 is 5.73 Å². The lowest BCUT2D eigenvalue weighted by Crippen LogP contribution is -2.27. The van der Waals surface area contributed by atoms with Crippen LogP contribution in [0.3, 0.4) is 0 Å². The first-order valence-electron chi connectivity index (χ1n) is 5.60. The summed E-state index contributed by atoms with van der Waals surface area (Å²) >= 11 is 1.58. The Labute approximate surface area is 113 Å². The van der Waals surface area contributed by atoms with E-state index in [2.05, 4.69) is 15.0 Å². The number of aromatic nitrogens is 3. The van der Waals surface area contributed by atoms with Crippen LogP contribution < -0.4 is 16.6 Å². The third-order valence-corrected chi connectivity index (χ3v) is 3.52. The van der Waals surface area contributed by atoms with Crippen molar-refractivity contribution < 1.29 is 0 Å². The molecule has 0 aromatic carbocycles. The summed E-state index contributed by atoms with van der Waals surface area (Å²) in [6.45, 7) is 0. The summed E-state index contributed by atoms with van der Waals surface area (Å²) in [5, 5.41) is 4.40. The molecule has 0 fully saturated rings. The number of hydrogen-bond donors (Lipinski definition) is 2. The Bertz CT molecular complexity index is 736. The molecule has 19 heavy (non-hydrogen) atoms. The molecular weight excluding hydrogens is 260 g/mol. The quantitative estimate of drug-likeness (QED) is 0.544. The lowest BCUT2D eigenvalue weighted by atomic mass is 10.2. The van der Waals surface area contributed by atoms with Gasteiger partial charge >= 0.3 is 0 Å². The Morgan fingerprint density at radius 3 is 2.84 bits per heavy atom. The lowest BCUT2D eigenvalue weighted by Gasteiger charge is -2.13. The predicted molar refractivity (Wildman–Crippen MR) is 77.6 cm³/mol. The second-order valence-corrected chi connectivity index (χ2v) is 5.02. The number of hydrogen-bond acceptors (Lipinski definition) is 7. The van der Waals surface area contributed by atoms with Crippen LogP contribution in [0.25, 0.3) is 21.6 Å². The fourth-order valence-electron chi connectivity index (χ4n) is 1.79. The first kappa shape index (κ1) is 11.8. The van der Waals surface area contributed by atoms with Crippen LogP contribution in [0.5, 0.6) is 0 Å². The molecule has 0 saturated carbocycles. The van der Waals surface area contributed by atoms with Gasteiger partial charge in [0.1, 0.15) is 4.83 Å². The van der Waals surface area contributed by atoms with Crippen LogP contribution in [0, 0.1) is 0 Å². The van der Waals surface area contributed by atoms with Crippen molar-refractivity contribution in [1.82, 2.24) is 15.0 Å². The number of hydrazine groups is 1. The van der Waals surface area contributed by atoms with E-state index in [0.29, 0.717) is 17.3 Å². The molecule has 96 valence electrons. The Balaban J connectivity index is 2.08. The fraction of sp³-hybridized carbons (Fsp3) is 0.0833. The van der Waals surface area contributed by atoms with Crippen molar-refractivity contribution in [1.29, 1.82) is 0 Å². The molecule has 0 saturated heterocycles. The minimum Gasteiger partial charge on any atom is -0.396 e. The van der Waals surface area contributed by atoms with Crippen LogP contribution in [0.2, 0.25) is 0 Å². The Kier molecular flexibility index (Phi) is 2.77. The van der Waals surface area contributed by atoms with E-state index in [1.54, 1.807) is 36.8 Å². The third-order valence-electron chi connectivity index (χ3n) is 2.69. The number of nitrogens with two attached hydrogens (primary N) is 2. The molecule has 0 aliphatic rings. The molecule has 0 aliphatic heterocycles. The number of thiophene rings is 1. The maximum absolute atomic E-state index is 5.92. The van der Waals surface area contributed by atoms with Gasteiger partial charge in [0.2, 0.25) is 0 Å². The van der Waals surface area contributed by atoms with E-state index in [1.807, 2.05) is 11.4 Å². The molecule has 0 amide bonds. The average Bonchev–Trinajstić information content (AvgIpc) is 2.85. The average molecular weight is 272 g/mol. The molecule has 0 radical (unpaired) electrons. The van der Waals surface area contributed by atoms with Gasteiger partial charge in [0.25, 0.3) is 0 Å². The van der Waals surface area contributed by atoms with Gasteiger partial charge in [-0.3, -0.25) is 5.01 Å². The van der Waals surface area contributed by atoms with Gasteiger partial charge in [0.05, 0.1) is 5.69 Å². The smallest absolute Gasteiger partial charge is 0.165 e. The summed E-state index contributed by atoms with van der Waals surface area (Å²) < 4.78 is 0. The molecule has 0 unspecified atom stereocenters. The van der Waals surface area contributed by atoms with E-state index in [4.69, 9.17) is 11.6 Å². The first-order valence-corrected chi connectivity index (χ1v) is 6.47. The molecule has 4 N–H and O–H groups in total. The van der Waals surface area contributed by atoms with Gasteiger partial charge in [0, 0.05) is 30.4 Å². The number of anilines is 2. The van der Waals surface area contributed by atoms with E-state index in [-0.39, 0.29) is 0 Å². The number of fused-ring (bicyclic) bond motifs is 1. The summed E-state index contributed by atoms with van der Waals surface area (Å²) in [6.07, 6.45) is 3.47. The first-order chi connectivity index (χ1) is 9.15. The molecule has 3 aromatic heterocycles. The second kappa shape index (κ2) is 4.45. The van der Waals surface area contributed by atoms with Crippen molar-refractivity contribution in [3.63, 3.8) is 0 Å². The Morgan fingerprint density at radius 1 is 1.26 bits per heavy atom. The van der Waals surface area contributed by atoms with E-state index in [1.165, 1.54) is 5.01 Å². The van der Waals surface area contributed by atoms with Crippen LogP contribution >= 0.6 is 11.3 Å². The molecule has 0 atom stereocenters. The standard InChI is InChI=1S/C12H12N6S/c1-18(14)11-9(13)4-8(6-16-11)10-15-5-7-2-3-19-12(7)17-10/h2-6H,13-14H2,1H3. The molecular formula is C12H12N6S. The Hall–Kier alpha value is -2.25. The maximum atomic E-state index is 5.92. The van der Waals surface area contributed by atoms with Crippen molar-refractivity contribution in [2.75, 3.05) is 17.8 Å². The molecule has 7 heteroatoms. The monoisotopic (exact) mass is 272 g/mol. The third kappa shape index (κ3) is 2.09. The van der Waals surface area contributed by atoms with Gasteiger partial charge in [-0.05, 0) is 17.5 Å². The van der Waals surface area contributed by atoms with E-state index < -0.39 is 0 Å². The van der Waals surface area contributed by atoms with Crippen molar-refractivity contribution in [3.05, 3.63) is 29.9 Å². The van der Waals surface area contributed by atoms with Gasteiger partial charge in [-0.15, -0.1) is 11.3 Å². The molecule has 0 spiro atoms. The van der Waals surface area contributed by atoms with Crippen LogP contribution in [0.1, 0.15) is 0 Å². The molecule has 3 aromatic rings. The zero-order valence-electron chi connectivity index (χ0n) is 10.2. The van der Waals surface area contributed by atoms with Crippen molar-refractivity contribution >= 4 is 33.1 Å². The molecule has 0 aliphatic carbocycles. The molecule has 3 rings (SSSR count). The minimum atomic E-state index is 0.498. The van der Waals surface area contributed by atoms with Gasteiger partial charge in [-0.1, -0.05) is 0 Å². The van der Waals surface area contributed by atoms with Crippen LogP contribution in [0.4, 0.5) is 11.5 Å². The summed E-state index contributed by atoms with van der Waals surface area (Å²) in [4.78, 5) is 14.0. The largest absolute Gasteiger partial charge is 0.396 e. The molecule has 6 nitrogen and oxygen atoms in total. The summed E-state index contributed by atoms with van der Waals surface area (Å²) in [5.74, 6) is 6.77. The number of pyridine rings is 1. The van der Waals surface area contributed by atoms with Gasteiger partial charge in [0.15, 0.2) is 11.6 Å². The van der Waals surface area contributed by atoms with Gasteiger partial charge in [-0.2, -0.15) is 0 Å². The SMILES string of the molecule is CN(N)c1ncc(-c2ncc3ccsc3n2)cc1N. The summed E-state index contributed by atoms with van der Waals surface area (Å²) in [5.41, 5.74) is 7.19. The highest BCUT2D eigenvalue weighted by Crippen LogP contribution is 2.25. The highest BCUT2D eigenvalue weighted by Gasteiger charge is 2.09. The Morgan fingerprint density at radius 2 is 2.11 bits per heavy atom. The second-order valence-electron chi connectivity index (χ2n) is 4.12. The van der Waals surface area contributed by atoms with Crippen LogP contribution in [-0.4, -0.2) is 22.0 Å². The normalized spacial score (nSPS) is 10.8. The summed E-state index contributed by atoms with van der Waals surface area (Å²) in [7, 11) is 1.69. The van der Waals surface area contributed by atoms with Gasteiger partial charge in [-0.25, -0.2) is 20.8 Å². The van der Waals surface area contributed by atoms with Crippen LogP contribution in [-0.2, 0) is 0 Å². The minimum absolute atomic E-state index is 0.498. The maximum Gasteiger partial charge on any atom is 0.165 e.